The number of hydrogen-bond donors (Lipinski definition) is 1. The third-order valence-corrected chi connectivity index (χ3v) is 2.48. The van der Waals surface area contributed by atoms with Crippen molar-refractivity contribution in [2.24, 2.45) is 0 Å². The number of hydrogen-bond acceptors (Lipinski definition) is 4. The topological polar surface area (TPSA) is 55.8 Å². The number of benzene rings is 2. The first-order valence-corrected chi connectivity index (χ1v) is 6.00. The van der Waals surface area contributed by atoms with Crippen molar-refractivity contribution in [1.82, 2.24) is 0 Å². The highest BCUT2D eigenvalue weighted by molar-refractivity contribution is 5.89. The molecule has 0 aliphatic rings. The molecule has 0 heterocycles. The van der Waals surface area contributed by atoms with Crippen molar-refractivity contribution in [3.8, 4) is 23.0 Å². The zero-order chi connectivity index (χ0) is 14.5. The van der Waals surface area contributed by atoms with Crippen molar-refractivity contribution in [1.29, 1.82) is 0 Å². The van der Waals surface area contributed by atoms with E-state index in [1.165, 1.54) is 13.0 Å². The van der Waals surface area contributed by atoms with Gasteiger partial charge in [-0.1, -0.05) is 30.8 Å². The standard InChI is InChI=1S/C16H14O4/c1-11(2)16(18)20-14-10-6-9-13(15(14)17)19-12-7-4-3-5-8-12/h3-10,17H,1H2,2H3. The van der Waals surface area contributed by atoms with Crippen LogP contribution in [-0.2, 0) is 4.79 Å². The van der Waals surface area contributed by atoms with Gasteiger partial charge in [0.1, 0.15) is 5.75 Å². The Morgan fingerprint density at radius 1 is 1.05 bits per heavy atom. The highest BCUT2D eigenvalue weighted by Gasteiger charge is 2.14. The second-order valence-electron chi connectivity index (χ2n) is 4.19. The van der Waals surface area contributed by atoms with E-state index in [9.17, 15) is 9.90 Å². The lowest BCUT2D eigenvalue weighted by Gasteiger charge is -2.11. The highest BCUT2D eigenvalue weighted by Crippen LogP contribution is 2.38. The van der Waals surface area contributed by atoms with Crippen molar-refractivity contribution in [3.05, 3.63) is 60.7 Å². The molecule has 102 valence electrons. The molecule has 0 radical (unpaired) electrons. The van der Waals surface area contributed by atoms with Gasteiger partial charge in [0.05, 0.1) is 0 Å². The predicted molar refractivity (Wildman–Crippen MR) is 75.1 cm³/mol. The van der Waals surface area contributed by atoms with Crippen molar-refractivity contribution in [2.75, 3.05) is 0 Å². The van der Waals surface area contributed by atoms with Crippen LogP contribution in [0.25, 0.3) is 0 Å². The second kappa shape index (κ2) is 5.93. The van der Waals surface area contributed by atoms with Crippen molar-refractivity contribution in [2.45, 2.75) is 6.92 Å². The molecular formula is C16H14O4. The van der Waals surface area contributed by atoms with Crippen LogP contribution in [0.5, 0.6) is 23.0 Å². The molecule has 0 unspecified atom stereocenters. The first-order valence-electron chi connectivity index (χ1n) is 6.00. The minimum absolute atomic E-state index is 0.0337. The van der Waals surface area contributed by atoms with Gasteiger partial charge >= 0.3 is 5.97 Å². The van der Waals surface area contributed by atoms with Gasteiger partial charge in [0.25, 0.3) is 0 Å². The number of rotatable bonds is 4. The molecule has 0 saturated heterocycles. The Hall–Kier alpha value is -2.75. The molecule has 0 aliphatic heterocycles. The van der Waals surface area contributed by atoms with Crippen molar-refractivity contribution < 1.29 is 19.4 Å². The molecule has 1 N–H and O–H groups in total. The lowest BCUT2D eigenvalue weighted by atomic mass is 10.3. The number of phenolic OH excluding ortho intramolecular Hbond substituents is 1. The molecule has 0 spiro atoms. The molecule has 0 fully saturated rings. The molecule has 0 bridgehead atoms. The Labute approximate surface area is 116 Å². The summed E-state index contributed by atoms with van der Waals surface area (Å²) < 4.78 is 10.5. The maximum Gasteiger partial charge on any atom is 0.338 e. The fourth-order valence-electron chi connectivity index (χ4n) is 1.47. The van der Waals surface area contributed by atoms with E-state index in [1.54, 1.807) is 24.3 Å². The quantitative estimate of drug-likeness (QED) is 0.523. The summed E-state index contributed by atoms with van der Waals surface area (Å²) in [5.74, 6) is -0.0102. The number of aromatic hydroxyl groups is 1. The average molecular weight is 270 g/mol. The van der Waals surface area contributed by atoms with Gasteiger partial charge in [0.15, 0.2) is 11.5 Å². The van der Waals surface area contributed by atoms with E-state index in [1.807, 2.05) is 18.2 Å². The second-order valence-corrected chi connectivity index (χ2v) is 4.19. The third-order valence-electron chi connectivity index (χ3n) is 2.48. The Morgan fingerprint density at radius 3 is 2.35 bits per heavy atom. The zero-order valence-electron chi connectivity index (χ0n) is 11.0. The summed E-state index contributed by atoms with van der Waals surface area (Å²) in [6.45, 7) is 5.02. The van der Waals surface area contributed by atoms with Crippen molar-refractivity contribution >= 4 is 5.97 Å². The smallest absolute Gasteiger partial charge is 0.338 e. The molecule has 0 aromatic heterocycles. The maximum atomic E-state index is 11.5. The SMILES string of the molecule is C=C(C)C(=O)Oc1cccc(Oc2ccccc2)c1O. The van der Waals surface area contributed by atoms with E-state index >= 15 is 0 Å². The summed E-state index contributed by atoms with van der Waals surface area (Å²) in [5.41, 5.74) is 0.249. The summed E-state index contributed by atoms with van der Waals surface area (Å²) in [6, 6.07) is 13.7. The van der Waals surface area contributed by atoms with Crippen LogP contribution >= 0.6 is 0 Å². The van der Waals surface area contributed by atoms with E-state index in [4.69, 9.17) is 9.47 Å². The monoisotopic (exact) mass is 270 g/mol. The Morgan fingerprint density at radius 2 is 1.70 bits per heavy atom. The van der Waals surface area contributed by atoms with Crippen LogP contribution < -0.4 is 9.47 Å². The summed E-state index contributed by atoms with van der Waals surface area (Å²) in [5, 5.41) is 10.0. The number of carbonyl (C=O) groups is 1. The van der Waals surface area contributed by atoms with Crippen molar-refractivity contribution in [3.63, 3.8) is 0 Å². The number of ether oxygens (including phenoxy) is 2. The Bertz CT molecular complexity index is 632. The summed E-state index contributed by atoms with van der Waals surface area (Å²) in [4.78, 5) is 11.5. The fraction of sp³-hybridized carbons (Fsp3) is 0.0625. The summed E-state index contributed by atoms with van der Waals surface area (Å²) in [7, 11) is 0. The number of phenols is 1. The van der Waals surface area contributed by atoms with Crippen LogP contribution in [0.1, 0.15) is 6.92 Å². The summed E-state index contributed by atoms with van der Waals surface area (Å²) in [6.07, 6.45) is 0. The average Bonchev–Trinajstić information content (AvgIpc) is 2.44. The molecule has 0 saturated carbocycles. The maximum absolute atomic E-state index is 11.5. The van der Waals surface area contributed by atoms with Gasteiger partial charge in [0.2, 0.25) is 5.75 Å². The molecule has 2 aromatic rings. The number of carbonyl (C=O) groups excluding carboxylic acids is 1. The van der Waals surface area contributed by atoms with Crippen LogP contribution in [0.4, 0.5) is 0 Å². The van der Waals surface area contributed by atoms with Crippen LogP contribution in [0.15, 0.2) is 60.7 Å². The van der Waals surface area contributed by atoms with Gasteiger partial charge < -0.3 is 14.6 Å². The van der Waals surface area contributed by atoms with Gasteiger partial charge in [-0.15, -0.1) is 0 Å². The van der Waals surface area contributed by atoms with Crippen LogP contribution in [0.2, 0.25) is 0 Å². The largest absolute Gasteiger partial charge is 0.502 e. The minimum atomic E-state index is -0.600. The lowest BCUT2D eigenvalue weighted by Crippen LogP contribution is -2.08. The number of esters is 1. The van der Waals surface area contributed by atoms with Gasteiger partial charge in [-0.2, -0.15) is 0 Å². The van der Waals surface area contributed by atoms with Crippen LogP contribution in [-0.4, -0.2) is 11.1 Å². The number of para-hydroxylation sites is 2. The van der Waals surface area contributed by atoms with E-state index in [0.29, 0.717) is 5.75 Å². The van der Waals surface area contributed by atoms with Gasteiger partial charge in [-0.3, -0.25) is 0 Å². The normalized spacial score (nSPS) is 9.85. The third kappa shape index (κ3) is 3.17. The molecule has 2 aromatic carbocycles. The van der Waals surface area contributed by atoms with E-state index in [2.05, 4.69) is 6.58 Å². The van der Waals surface area contributed by atoms with Gasteiger partial charge in [-0.05, 0) is 31.2 Å². The molecular weight excluding hydrogens is 256 g/mol. The van der Waals surface area contributed by atoms with Gasteiger partial charge in [-0.25, -0.2) is 4.79 Å². The zero-order valence-corrected chi connectivity index (χ0v) is 11.0. The summed E-state index contributed by atoms with van der Waals surface area (Å²) >= 11 is 0. The molecule has 0 aliphatic carbocycles. The first kappa shape index (κ1) is 13.7. The molecule has 0 atom stereocenters. The predicted octanol–water partition coefficient (Wildman–Crippen LogP) is 3.67. The molecule has 20 heavy (non-hydrogen) atoms. The molecule has 4 heteroatoms. The van der Waals surface area contributed by atoms with Gasteiger partial charge in [0, 0.05) is 5.57 Å². The van der Waals surface area contributed by atoms with E-state index < -0.39 is 5.97 Å². The van der Waals surface area contributed by atoms with E-state index in [-0.39, 0.29) is 22.8 Å². The molecule has 0 amide bonds. The van der Waals surface area contributed by atoms with Crippen LogP contribution in [0, 0.1) is 0 Å². The minimum Gasteiger partial charge on any atom is -0.502 e. The molecule has 4 nitrogen and oxygen atoms in total. The first-order chi connectivity index (χ1) is 9.58. The lowest BCUT2D eigenvalue weighted by molar-refractivity contribution is -0.130. The Kier molecular flexibility index (Phi) is 4.05. The Balaban J connectivity index is 2.23. The highest BCUT2D eigenvalue weighted by atomic mass is 16.5. The van der Waals surface area contributed by atoms with E-state index in [0.717, 1.165) is 0 Å². The molecule has 2 rings (SSSR count). The van der Waals surface area contributed by atoms with Crippen LogP contribution in [0.3, 0.4) is 0 Å². The fourth-order valence-corrected chi connectivity index (χ4v) is 1.47.